The van der Waals surface area contributed by atoms with E-state index in [4.69, 9.17) is 0 Å². The molecule has 4 saturated carbocycles. The van der Waals surface area contributed by atoms with Crippen molar-refractivity contribution in [2.45, 2.75) is 84.7 Å². The van der Waals surface area contributed by atoms with Crippen molar-refractivity contribution in [2.24, 2.45) is 46.3 Å². The summed E-state index contributed by atoms with van der Waals surface area (Å²) in [5.41, 5.74) is 0.311. The topological polar surface area (TPSA) is 74.6 Å². The number of carboxylic acids is 1. The molecule has 0 radical (unpaired) electrons. The first-order valence-corrected chi connectivity index (χ1v) is 11.1. The highest BCUT2D eigenvalue weighted by Gasteiger charge is 2.62. The second-order valence-electron chi connectivity index (χ2n) is 10.8. The SMILES string of the molecule is C[C@H](CC(=O)O)[C@H]1CC[C@H]2[C@@H]3C[C@H](O)[C@@H]4CC(=O)CC[C@]4(C)[C@H]3CC[C@]12C. The summed E-state index contributed by atoms with van der Waals surface area (Å²) in [7, 11) is 0. The van der Waals surface area contributed by atoms with Gasteiger partial charge in [-0.05, 0) is 84.9 Å². The Morgan fingerprint density at radius 3 is 2.52 bits per heavy atom. The molecule has 0 aromatic heterocycles. The largest absolute Gasteiger partial charge is 0.481 e. The number of rotatable bonds is 3. The molecule has 0 bridgehead atoms. The summed E-state index contributed by atoms with van der Waals surface area (Å²) in [6.07, 6.45) is 7.64. The molecule has 0 aliphatic heterocycles. The van der Waals surface area contributed by atoms with Crippen LogP contribution in [-0.2, 0) is 9.59 Å². The van der Waals surface area contributed by atoms with E-state index in [0.29, 0.717) is 42.3 Å². The summed E-state index contributed by atoms with van der Waals surface area (Å²) in [4.78, 5) is 23.3. The zero-order chi connectivity index (χ0) is 19.6. The number of hydrogen-bond donors (Lipinski definition) is 2. The lowest BCUT2D eigenvalue weighted by atomic mass is 9.44. The van der Waals surface area contributed by atoms with Crippen molar-refractivity contribution in [3.8, 4) is 0 Å². The lowest BCUT2D eigenvalue weighted by molar-refractivity contribution is -0.166. The quantitative estimate of drug-likeness (QED) is 0.770. The molecule has 0 aromatic rings. The highest BCUT2D eigenvalue weighted by atomic mass is 16.4. The molecular formula is C23H36O4. The molecule has 4 aliphatic rings. The van der Waals surface area contributed by atoms with Crippen molar-refractivity contribution < 1.29 is 19.8 Å². The summed E-state index contributed by atoms with van der Waals surface area (Å²) < 4.78 is 0. The van der Waals surface area contributed by atoms with E-state index < -0.39 is 5.97 Å². The molecule has 4 fully saturated rings. The smallest absolute Gasteiger partial charge is 0.303 e. The molecule has 0 amide bonds. The normalized spacial score (nSPS) is 50.4. The first-order valence-electron chi connectivity index (χ1n) is 11.1. The van der Waals surface area contributed by atoms with Crippen LogP contribution in [0.15, 0.2) is 0 Å². The second kappa shape index (κ2) is 6.57. The number of aliphatic hydroxyl groups is 1. The molecule has 0 aromatic carbocycles. The van der Waals surface area contributed by atoms with Crippen LogP contribution in [0.25, 0.3) is 0 Å². The lowest BCUT2D eigenvalue weighted by Crippen LogP contribution is -2.58. The zero-order valence-electron chi connectivity index (χ0n) is 17.1. The van der Waals surface area contributed by atoms with Crippen LogP contribution in [-0.4, -0.2) is 28.1 Å². The average Bonchev–Trinajstić information content (AvgIpc) is 2.93. The summed E-state index contributed by atoms with van der Waals surface area (Å²) >= 11 is 0. The van der Waals surface area contributed by atoms with Gasteiger partial charge < -0.3 is 10.2 Å². The van der Waals surface area contributed by atoms with Gasteiger partial charge in [0.25, 0.3) is 0 Å². The van der Waals surface area contributed by atoms with Gasteiger partial charge in [-0.15, -0.1) is 0 Å². The van der Waals surface area contributed by atoms with Gasteiger partial charge >= 0.3 is 5.97 Å². The van der Waals surface area contributed by atoms with E-state index in [-0.39, 0.29) is 35.2 Å². The van der Waals surface area contributed by atoms with Crippen LogP contribution in [0.2, 0.25) is 0 Å². The first kappa shape index (κ1) is 19.4. The van der Waals surface area contributed by atoms with Gasteiger partial charge in [0.15, 0.2) is 0 Å². The van der Waals surface area contributed by atoms with Gasteiger partial charge in [0.2, 0.25) is 0 Å². The Morgan fingerprint density at radius 2 is 1.81 bits per heavy atom. The third-order valence-corrected chi connectivity index (χ3v) is 9.76. The Balaban J connectivity index is 1.60. The summed E-state index contributed by atoms with van der Waals surface area (Å²) in [6, 6.07) is 0. The third-order valence-electron chi connectivity index (χ3n) is 9.76. The number of fused-ring (bicyclic) bond motifs is 5. The van der Waals surface area contributed by atoms with Gasteiger partial charge in [0.1, 0.15) is 5.78 Å². The molecule has 4 nitrogen and oxygen atoms in total. The first-order chi connectivity index (χ1) is 12.7. The van der Waals surface area contributed by atoms with Crippen molar-refractivity contribution in [3.05, 3.63) is 0 Å². The van der Waals surface area contributed by atoms with E-state index in [1.165, 1.54) is 19.3 Å². The fourth-order valence-electron chi connectivity index (χ4n) is 8.48. The molecule has 0 spiro atoms. The van der Waals surface area contributed by atoms with Crippen molar-refractivity contribution in [1.29, 1.82) is 0 Å². The van der Waals surface area contributed by atoms with Gasteiger partial charge in [0.05, 0.1) is 6.10 Å². The van der Waals surface area contributed by atoms with Crippen molar-refractivity contribution in [1.82, 2.24) is 0 Å². The maximum atomic E-state index is 12.0. The van der Waals surface area contributed by atoms with Crippen LogP contribution in [0, 0.1) is 46.3 Å². The predicted molar refractivity (Wildman–Crippen MR) is 103 cm³/mol. The fraction of sp³-hybridized carbons (Fsp3) is 0.913. The Bertz CT molecular complexity index is 630. The Hall–Kier alpha value is -0.900. The number of Topliss-reactive ketones (excluding diaryl/α,β-unsaturated/α-hetero) is 1. The molecule has 152 valence electrons. The highest BCUT2D eigenvalue weighted by molar-refractivity contribution is 5.79. The second-order valence-corrected chi connectivity index (χ2v) is 10.8. The van der Waals surface area contributed by atoms with Crippen LogP contribution in [0.1, 0.15) is 78.6 Å². The van der Waals surface area contributed by atoms with Crippen LogP contribution in [0.5, 0.6) is 0 Å². The van der Waals surface area contributed by atoms with E-state index in [2.05, 4.69) is 20.8 Å². The third kappa shape index (κ3) is 2.89. The zero-order valence-corrected chi connectivity index (χ0v) is 17.1. The Labute approximate surface area is 163 Å². The summed E-state index contributed by atoms with van der Waals surface area (Å²) in [6.45, 7) is 6.89. The van der Waals surface area contributed by atoms with Gasteiger partial charge in [-0.3, -0.25) is 9.59 Å². The number of carbonyl (C=O) groups excluding carboxylic acids is 1. The van der Waals surface area contributed by atoms with Crippen LogP contribution < -0.4 is 0 Å². The number of aliphatic carboxylic acids is 1. The van der Waals surface area contributed by atoms with Crippen molar-refractivity contribution in [3.63, 3.8) is 0 Å². The molecule has 0 unspecified atom stereocenters. The van der Waals surface area contributed by atoms with E-state index in [1.54, 1.807) is 0 Å². The number of ketones is 1. The van der Waals surface area contributed by atoms with E-state index in [1.807, 2.05) is 0 Å². The molecule has 4 heteroatoms. The Kier molecular flexibility index (Phi) is 4.73. The van der Waals surface area contributed by atoms with Gasteiger partial charge in [-0.2, -0.15) is 0 Å². The van der Waals surface area contributed by atoms with Crippen LogP contribution in [0.4, 0.5) is 0 Å². The monoisotopic (exact) mass is 376 g/mol. The fourth-order valence-corrected chi connectivity index (χ4v) is 8.48. The summed E-state index contributed by atoms with van der Waals surface area (Å²) in [5, 5.41) is 20.3. The molecular weight excluding hydrogens is 340 g/mol. The average molecular weight is 377 g/mol. The standard InChI is InChI=1S/C23H36O4/c1-13(10-21(26)27)16-4-5-17-15-12-20(25)19-11-14(24)6-8-23(19,3)18(15)7-9-22(16,17)2/h13,15-20,25H,4-12H2,1-3H3,(H,26,27)/t13-,15+,16-,17+,18+,19+,20+,22-,23-/m1/s1. The summed E-state index contributed by atoms with van der Waals surface area (Å²) in [5.74, 6) is 2.25. The van der Waals surface area contributed by atoms with Gasteiger partial charge in [-0.1, -0.05) is 20.8 Å². The van der Waals surface area contributed by atoms with Crippen molar-refractivity contribution >= 4 is 11.8 Å². The van der Waals surface area contributed by atoms with Crippen LogP contribution in [0.3, 0.4) is 0 Å². The van der Waals surface area contributed by atoms with Gasteiger partial charge in [0, 0.05) is 19.3 Å². The number of aliphatic hydroxyl groups excluding tert-OH is 1. The maximum absolute atomic E-state index is 12.0. The molecule has 4 rings (SSSR count). The highest BCUT2D eigenvalue weighted by Crippen LogP contribution is 2.68. The Morgan fingerprint density at radius 1 is 1.11 bits per heavy atom. The maximum Gasteiger partial charge on any atom is 0.303 e. The number of hydrogen-bond acceptors (Lipinski definition) is 3. The van der Waals surface area contributed by atoms with Crippen molar-refractivity contribution in [2.75, 3.05) is 0 Å². The molecule has 0 saturated heterocycles. The molecule has 4 aliphatic carbocycles. The minimum absolute atomic E-state index is 0.0995. The predicted octanol–water partition coefficient (Wildman–Crippen LogP) is 4.30. The molecule has 9 atom stereocenters. The molecule has 0 heterocycles. The lowest BCUT2D eigenvalue weighted by Gasteiger charge is -2.61. The molecule has 2 N–H and O–H groups in total. The van der Waals surface area contributed by atoms with Gasteiger partial charge in [-0.25, -0.2) is 0 Å². The van der Waals surface area contributed by atoms with E-state index in [9.17, 15) is 19.8 Å². The number of carboxylic acid groups (broad SMARTS) is 1. The van der Waals surface area contributed by atoms with E-state index in [0.717, 1.165) is 19.3 Å². The number of carbonyl (C=O) groups is 2. The van der Waals surface area contributed by atoms with E-state index >= 15 is 0 Å². The minimum Gasteiger partial charge on any atom is -0.481 e. The minimum atomic E-state index is -0.682. The van der Waals surface area contributed by atoms with Crippen LogP contribution >= 0.6 is 0 Å². The molecule has 27 heavy (non-hydrogen) atoms.